The van der Waals surface area contributed by atoms with Crippen molar-refractivity contribution in [3.05, 3.63) is 41.5 Å². The fourth-order valence-corrected chi connectivity index (χ4v) is 2.39. The van der Waals surface area contributed by atoms with E-state index in [0.717, 1.165) is 5.82 Å². The van der Waals surface area contributed by atoms with Gasteiger partial charge in [0.1, 0.15) is 17.3 Å². The predicted molar refractivity (Wildman–Crippen MR) is 84.9 cm³/mol. The number of rotatable bonds is 7. The summed E-state index contributed by atoms with van der Waals surface area (Å²) in [7, 11) is 6.84. The quantitative estimate of drug-likeness (QED) is 0.838. The van der Waals surface area contributed by atoms with Crippen molar-refractivity contribution in [3.63, 3.8) is 0 Å². The van der Waals surface area contributed by atoms with Gasteiger partial charge in [-0.3, -0.25) is 4.90 Å². The second-order valence-corrected chi connectivity index (χ2v) is 5.29. The van der Waals surface area contributed by atoms with Crippen LogP contribution in [0.4, 0.5) is 0 Å². The number of hydrogen-bond acceptors (Lipinski definition) is 5. The Morgan fingerprint density at radius 1 is 1.30 bits per heavy atom. The molecule has 0 atom stereocenters. The van der Waals surface area contributed by atoms with Crippen molar-refractivity contribution >= 4 is 5.97 Å². The molecule has 0 bridgehead atoms. The molecule has 2 aromatic rings. The van der Waals surface area contributed by atoms with E-state index in [-0.39, 0.29) is 5.56 Å². The molecule has 0 aliphatic heterocycles. The molecular formula is C16H21N3O4. The maximum absolute atomic E-state index is 11.6. The van der Waals surface area contributed by atoms with Crippen LogP contribution >= 0.6 is 0 Å². The second-order valence-electron chi connectivity index (χ2n) is 5.29. The topological polar surface area (TPSA) is 76.8 Å². The van der Waals surface area contributed by atoms with Crippen LogP contribution in [0.2, 0.25) is 0 Å². The molecule has 0 unspecified atom stereocenters. The number of aryl methyl sites for hydroxylation is 1. The van der Waals surface area contributed by atoms with E-state index >= 15 is 0 Å². The molecular weight excluding hydrogens is 298 g/mol. The molecule has 0 fully saturated rings. The summed E-state index contributed by atoms with van der Waals surface area (Å²) in [5, 5.41) is 9.47. The van der Waals surface area contributed by atoms with Crippen LogP contribution in [0.1, 0.15) is 21.7 Å². The van der Waals surface area contributed by atoms with Crippen molar-refractivity contribution in [1.29, 1.82) is 0 Å². The van der Waals surface area contributed by atoms with Gasteiger partial charge in [-0.1, -0.05) is 0 Å². The molecule has 0 aliphatic rings. The highest BCUT2D eigenvalue weighted by molar-refractivity contribution is 5.91. The minimum Gasteiger partial charge on any atom is -0.497 e. The van der Waals surface area contributed by atoms with Crippen LogP contribution in [0, 0.1) is 0 Å². The number of imidazole rings is 1. The molecule has 7 nitrogen and oxygen atoms in total. The minimum atomic E-state index is -1.01. The highest BCUT2D eigenvalue weighted by Crippen LogP contribution is 2.30. The summed E-state index contributed by atoms with van der Waals surface area (Å²) in [6.45, 7) is 1.01. The fraction of sp³-hybridized carbons (Fsp3) is 0.375. The van der Waals surface area contributed by atoms with Gasteiger partial charge in [0, 0.05) is 37.6 Å². The summed E-state index contributed by atoms with van der Waals surface area (Å²) in [5.41, 5.74) is 0.783. The van der Waals surface area contributed by atoms with Crippen molar-refractivity contribution in [3.8, 4) is 11.5 Å². The molecule has 1 N–H and O–H groups in total. The van der Waals surface area contributed by atoms with Gasteiger partial charge in [-0.15, -0.1) is 0 Å². The zero-order valence-corrected chi connectivity index (χ0v) is 13.7. The van der Waals surface area contributed by atoms with Gasteiger partial charge < -0.3 is 19.1 Å². The lowest BCUT2D eigenvalue weighted by Crippen LogP contribution is -2.21. The number of ether oxygens (including phenoxy) is 2. The first-order chi connectivity index (χ1) is 11.0. The third-order valence-electron chi connectivity index (χ3n) is 3.63. The van der Waals surface area contributed by atoms with E-state index in [1.807, 2.05) is 29.8 Å². The Bertz CT molecular complexity index is 697. The molecule has 1 aromatic carbocycles. The van der Waals surface area contributed by atoms with Gasteiger partial charge in [-0.2, -0.15) is 0 Å². The molecule has 1 heterocycles. The van der Waals surface area contributed by atoms with Gasteiger partial charge in [0.2, 0.25) is 0 Å². The van der Waals surface area contributed by atoms with Gasteiger partial charge >= 0.3 is 5.97 Å². The first-order valence-electron chi connectivity index (χ1n) is 7.09. The Hall–Kier alpha value is -2.54. The average Bonchev–Trinajstić information content (AvgIpc) is 2.92. The number of methoxy groups -OCH3 is 2. The highest BCUT2D eigenvalue weighted by atomic mass is 16.5. The molecule has 0 saturated carbocycles. The molecule has 0 spiro atoms. The smallest absolute Gasteiger partial charge is 0.336 e. The van der Waals surface area contributed by atoms with Crippen LogP contribution in [-0.2, 0) is 20.1 Å². The van der Waals surface area contributed by atoms with Gasteiger partial charge in [0.05, 0.1) is 26.3 Å². The van der Waals surface area contributed by atoms with Gasteiger partial charge in [-0.05, 0) is 13.1 Å². The monoisotopic (exact) mass is 319 g/mol. The molecule has 0 aliphatic carbocycles. The maximum atomic E-state index is 11.6. The Morgan fingerprint density at radius 2 is 2.04 bits per heavy atom. The van der Waals surface area contributed by atoms with Crippen molar-refractivity contribution in [2.24, 2.45) is 7.05 Å². The van der Waals surface area contributed by atoms with Crippen LogP contribution in [0.25, 0.3) is 0 Å². The van der Waals surface area contributed by atoms with Crippen molar-refractivity contribution < 1.29 is 19.4 Å². The molecule has 0 amide bonds. The summed E-state index contributed by atoms with van der Waals surface area (Å²) in [6.07, 6.45) is 3.61. The summed E-state index contributed by atoms with van der Waals surface area (Å²) in [4.78, 5) is 17.8. The molecule has 124 valence electrons. The summed E-state index contributed by atoms with van der Waals surface area (Å²) in [6, 6.07) is 3.20. The summed E-state index contributed by atoms with van der Waals surface area (Å²) < 4.78 is 12.4. The lowest BCUT2D eigenvalue weighted by atomic mass is 10.0. The zero-order chi connectivity index (χ0) is 17.0. The van der Waals surface area contributed by atoms with Crippen LogP contribution in [-0.4, -0.2) is 46.8 Å². The largest absolute Gasteiger partial charge is 0.497 e. The summed E-state index contributed by atoms with van der Waals surface area (Å²) in [5.74, 6) is 0.836. The SMILES string of the molecule is COc1cc(OC)c(CN(C)Cc2nccn2C)c(C(=O)O)c1. The first kappa shape index (κ1) is 16.8. The first-order valence-corrected chi connectivity index (χ1v) is 7.09. The molecule has 7 heteroatoms. The third-order valence-corrected chi connectivity index (χ3v) is 3.63. The Labute approximate surface area is 135 Å². The molecule has 0 saturated heterocycles. The number of nitrogens with zero attached hydrogens (tertiary/aromatic N) is 3. The van der Waals surface area contributed by atoms with Crippen LogP contribution in [0.5, 0.6) is 11.5 Å². The number of aromatic carboxylic acids is 1. The summed E-state index contributed by atoms with van der Waals surface area (Å²) >= 11 is 0. The molecule has 1 aromatic heterocycles. The van der Waals surface area contributed by atoms with Gasteiger partial charge in [0.25, 0.3) is 0 Å². The Kier molecular flexibility index (Phi) is 5.23. The Morgan fingerprint density at radius 3 is 2.57 bits per heavy atom. The van der Waals surface area contributed by atoms with Gasteiger partial charge in [-0.25, -0.2) is 9.78 Å². The van der Waals surface area contributed by atoms with E-state index in [2.05, 4.69) is 4.98 Å². The third kappa shape index (κ3) is 3.81. The van der Waals surface area contributed by atoms with E-state index in [1.54, 1.807) is 12.3 Å². The average molecular weight is 319 g/mol. The van der Waals surface area contributed by atoms with E-state index in [0.29, 0.717) is 30.2 Å². The van der Waals surface area contributed by atoms with Crippen LogP contribution < -0.4 is 9.47 Å². The zero-order valence-electron chi connectivity index (χ0n) is 13.7. The predicted octanol–water partition coefficient (Wildman–Crippen LogP) is 1.77. The van der Waals surface area contributed by atoms with Crippen LogP contribution in [0.3, 0.4) is 0 Å². The Balaban J connectivity index is 2.30. The van der Waals surface area contributed by atoms with E-state index < -0.39 is 5.97 Å². The number of hydrogen-bond donors (Lipinski definition) is 1. The highest BCUT2D eigenvalue weighted by Gasteiger charge is 2.19. The van der Waals surface area contributed by atoms with E-state index in [1.165, 1.54) is 20.3 Å². The lowest BCUT2D eigenvalue weighted by Gasteiger charge is -2.20. The van der Waals surface area contributed by atoms with E-state index in [4.69, 9.17) is 9.47 Å². The number of benzene rings is 1. The maximum Gasteiger partial charge on any atom is 0.336 e. The fourth-order valence-electron chi connectivity index (χ4n) is 2.39. The molecule has 0 radical (unpaired) electrons. The number of carbonyl (C=O) groups is 1. The van der Waals surface area contributed by atoms with Gasteiger partial charge in [0.15, 0.2) is 0 Å². The van der Waals surface area contributed by atoms with Crippen molar-refractivity contribution in [1.82, 2.24) is 14.5 Å². The normalized spacial score (nSPS) is 10.8. The number of carboxylic acids is 1. The van der Waals surface area contributed by atoms with E-state index in [9.17, 15) is 9.90 Å². The molecule has 23 heavy (non-hydrogen) atoms. The number of carboxylic acid groups (broad SMARTS) is 1. The van der Waals surface area contributed by atoms with Crippen molar-refractivity contribution in [2.75, 3.05) is 21.3 Å². The second kappa shape index (κ2) is 7.15. The van der Waals surface area contributed by atoms with Crippen molar-refractivity contribution in [2.45, 2.75) is 13.1 Å². The number of aromatic nitrogens is 2. The molecule has 2 rings (SSSR count). The van der Waals surface area contributed by atoms with Crippen LogP contribution in [0.15, 0.2) is 24.5 Å². The lowest BCUT2D eigenvalue weighted by molar-refractivity contribution is 0.0693. The standard InChI is InChI=1S/C16H21N3O4/c1-18(10-15-17-5-6-19(15)2)9-13-12(16(20)21)7-11(22-3)8-14(13)23-4/h5-8H,9-10H2,1-4H3,(H,20,21). The minimum absolute atomic E-state index is 0.174.